The number of hydrogen-bond acceptors (Lipinski definition) is 3. The van der Waals surface area contributed by atoms with Gasteiger partial charge >= 0.3 is 0 Å². The molecule has 2 rings (SSSR count). The van der Waals surface area contributed by atoms with Crippen LogP contribution >= 0.6 is 0 Å². The minimum atomic E-state index is -0.170. The van der Waals surface area contributed by atoms with Gasteiger partial charge in [0.1, 0.15) is 0 Å². The third kappa shape index (κ3) is 3.24. The van der Waals surface area contributed by atoms with Gasteiger partial charge in [-0.15, -0.1) is 0 Å². The third-order valence-corrected chi connectivity index (χ3v) is 3.71. The van der Waals surface area contributed by atoms with Crippen molar-refractivity contribution in [3.8, 4) is 0 Å². The van der Waals surface area contributed by atoms with Crippen LogP contribution in [0.15, 0.2) is 12.3 Å². The van der Waals surface area contributed by atoms with Gasteiger partial charge in [-0.25, -0.2) is 9.37 Å². The molecule has 1 N–H and O–H groups in total. The summed E-state index contributed by atoms with van der Waals surface area (Å²) in [6, 6.07) is 2.48. The van der Waals surface area contributed by atoms with Crippen LogP contribution in [0.3, 0.4) is 0 Å². The van der Waals surface area contributed by atoms with Gasteiger partial charge in [0.05, 0.1) is 0 Å². The summed E-state index contributed by atoms with van der Waals surface area (Å²) in [7, 11) is 0. The standard InChI is InChI=1S/C15H24FN3/c1-10(2)18-8-13-5-6-17-15(14(13)16)19-9-11(3)7-12(19)4/h5-6,10-12,18H,7-9H2,1-4H3. The van der Waals surface area contributed by atoms with E-state index in [9.17, 15) is 4.39 Å². The van der Waals surface area contributed by atoms with Gasteiger partial charge in [0, 0.05) is 36.9 Å². The molecule has 0 radical (unpaired) electrons. The Labute approximate surface area is 115 Å². The molecule has 1 aliphatic rings. The molecule has 1 saturated heterocycles. The maximum absolute atomic E-state index is 14.5. The van der Waals surface area contributed by atoms with Crippen LogP contribution in [0.1, 0.15) is 39.7 Å². The van der Waals surface area contributed by atoms with Gasteiger partial charge in [0.15, 0.2) is 11.6 Å². The Hall–Kier alpha value is -1.16. The predicted octanol–water partition coefficient (Wildman–Crippen LogP) is 2.95. The first-order valence-electron chi connectivity index (χ1n) is 7.12. The fraction of sp³-hybridized carbons (Fsp3) is 0.667. The fourth-order valence-electron chi connectivity index (χ4n) is 2.72. The van der Waals surface area contributed by atoms with Crippen LogP contribution in [0.25, 0.3) is 0 Å². The monoisotopic (exact) mass is 265 g/mol. The summed E-state index contributed by atoms with van der Waals surface area (Å²) in [6.45, 7) is 9.92. The molecule has 0 amide bonds. The maximum atomic E-state index is 14.5. The average molecular weight is 265 g/mol. The van der Waals surface area contributed by atoms with E-state index in [-0.39, 0.29) is 5.82 Å². The molecule has 0 spiro atoms. The molecular weight excluding hydrogens is 241 g/mol. The Kier molecular flexibility index (Phi) is 4.40. The van der Waals surface area contributed by atoms with E-state index in [0.717, 1.165) is 13.0 Å². The van der Waals surface area contributed by atoms with Gasteiger partial charge in [-0.3, -0.25) is 0 Å². The van der Waals surface area contributed by atoms with E-state index >= 15 is 0 Å². The van der Waals surface area contributed by atoms with E-state index in [2.05, 4.69) is 42.9 Å². The summed E-state index contributed by atoms with van der Waals surface area (Å²) in [5, 5.41) is 3.25. The summed E-state index contributed by atoms with van der Waals surface area (Å²) >= 11 is 0. The zero-order valence-corrected chi connectivity index (χ0v) is 12.3. The average Bonchev–Trinajstić information content (AvgIpc) is 2.67. The number of halogens is 1. The van der Waals surface area contributed by atoms with Gasteiger partial charge in [-0.1, -0.05) is 20.8 Å². The molecule has 0 saturated carbocycles. The second-order valence-electron chi connectivity index (χ2n) is 5.99. The minimum Gasteiger partial charge on any atom is -0.351 e. The van der Waals surface area contributed by atoms with E-state index in [0.29, 0.717) is 35.9 Å². The lowest BCUT2D eigenvalue weighted by molar-refractivity contribution is 0.546. The first-order chi connectivity index (χ1) is 8.99. The topological polar surface area (TPSA) is 28.2 Å². The Morgan fingerprint density at radius 3 is 2.79 bits per heavy atom. The quantitative estimate of drug-likeness (QED) is 0.907. The molecule has 106 valence electrons. The second kappa shape index (κ2) is 5.87. The number of nitrogens with zero attached hydrogens (tertiary/aromatic N) is 2. The van der Waals surface area contributed by atoms with Gasteiger partial charge in [-0.2, -0.15) is 0 Å². The zero-order valence-electron chi connectivity index (χ0n) is 12.3. The SMILES string of the molecule is CC1CC(C)N(c2nccc(CNC(C)C)c2F)C1. The third-order valence-electron chi connectivity index (χ3n) is 3.71. The van der Waals surface area contributed by atoms with Gasteiger partial charge in [0.2, 0.25) is 0 Å². The number of pyridine rings is 1. The molecule has 1 aliphatic heterocycles. The van der Waals surface area contributed by atoms with Crippen molar-refractivity contribution in [2.75, 3.05) is 11.4 Å². The van der Waals surface area contributed by atoms with Crippen molar-refractivity contribution in [2.45, 2.75) is 52.7 Å². The van der Waals surface area contributed by atoms with Crippen molar-refractivity contribution in [3.63, 3.8) is 0 Å². The van der Waals surface area contributed by atoms with Crippen molar-refractivity contribution in [2.24, 2.45) is 5.92 Å². The minimum absolute atomic E-state index is 0.170. The number of anilines is 1. The van der Waals surface area contributed by atoms with Crippen molar-refractivity contribution < 1.29 is 4.39 Å². The molecule has 1 aromatic heterocycles. The summed E-state index contributed by atoms with van der Waals surface area (Å²) in [5.41, 5.74) is 0.699. The summed E-state index contributed by atoms with van der Waals surface area (Å²) in [6.07, 6.45) is 2.82. The van der Waals surface area contributed by atoms with Crippen LogP contribution in [0.5, 0.6) is 0 Å². The highest BCUT2D eigenvalue weighted by Gasteiger charge is 2.29. The highest BCUT2D eigenvalue weighted by molar-refractivity contribution is 5.45. The number of rotatable bonds is 4. The lowest BCUT2D eigenvalue weighted by Gasteiger charge is -2.24. The van der Waals surface area contributed by atoms with Crippen LogP contribution in [-0.4, -0.2) is 23.6 Å². The normalized spacial score (nSPS) is 23.4. The van der Waals surface area contributed by atoms with Crippen molar-refractivity contribution >= 4 is 5.82 Å². The smallest absolute Gasteiger partial charge is 0.170 e. The van der Waals surface area contributed by atoms with Gasteiger partial charge in [0.25, 0.3) is 0 Å². The summed E-state index contributed by atoms with van der Waals surface area (Å²) < 4.78 is 14.5. The molecule has 4 heteroatoms. The Morgan fingerprint density at radius 2 is 2.21 bits per heavy atom. The van der Waals surface area contributed by atoms with Crippen molar-refractivity contribution in [1.82, 2.24) is 10.3 Å². The molecule has 0 bridgehead atoms. The summed E-state index contributed by atoms with van der Waals surface area (Å²) in [4.78, 5) is 6.35. The lowest BCUT2D eigenvalue weighted by atomic mass is 10.1. The Morgan fingerprint density at radius 1 is 1.47 bits per heavy atom. The maximum Gasteiger partial charge on any atom is 0.170 e. The Balaban J connectivity index is 2.20. The molecule has 2 atom stereocenters. The van der Waals surface area contributed by atoms with Crippen LogP contribution in [0.4, 0.5) is 10.2 Å². The highest BCUT2D eigenvalue weighted by Crippen LogP contribution is 2.30. The molecule has 3 nitrogen and oxygen atoms in total. The van der Waals surface area contributed by atoms with E-state index in [1.807, 2.05) is 0 Å². The zero-order chi connectivity index (χ0) is 14.0. The van der Waals surface area contributed by atoms with E-state index in [4.69, 9.17) is 0 Å². The largest absolute Gasteiger partial charge is 0.351 e. The molecule has 1 fully saturated rings. The fourth-order valence-corrected chi connectivity index (χ4v) is 2.72. The molecule has 2 unspecified atom stereocenters. The van der Waals surface area contributed by atoms with E-state index < -0.39 is 0 Å². The van der Waals surface area contributed by atoms with Crippen LogP contribution in [-0.2, 0) is 6.54 Å². The molecule has 0 aliphatic carbocycles. The Bertz CT molecular complexity index is 433. The van der Waals surface area contributed by atoms with Gasteiger partial charge < -0.3 is 10.2 Å². The van der Waals surface area contributed by atoms with E-state index in [1.165, 1.54) is 0 Å². The molecule has 19 heavy (non-hydrogen) atoms. The lowest BCUT2D eigenvalue weighted by Crippen LogP contribution is -2.29. The number of nitrogens with one attached hydrogen (secondary N) is 1. The first-order valence-corrected chi connectivity index (χ1v) is 7.12. The van der Waals surface area contributed by atoms with Crippen LogP contribution in [0.2, 0.25) is 0 Å². The number of aromatic nitrogens is 1. The summed E-state index contributed by atoms with van der Waals surface area (Å²) in [5.74, 6) is 0.949. The molecule has 1 aromatic rings. The first kappa shape index (κ1) is 14.3. The number of hydrogen-bond donors (Lipinski definition) is 1. The highest BCUT2D eigenvalue weighted by atomic mass is 19.1. The molecule has 2 heterocycles. The molecular formula is C15H24FN3. The van der Waals surface area contributed by atoms with Crippen LogP contribution < -0.4 is 10.2 Å². The second-order valence-corrected chi connectivity index (χ2v) is 5.99. The van der Waals surface area contributed by atoms with Crippen LogP contribution in [0, 0.1) is 11.7 Å². The van der Waals surface area contributed by atoms with Gasteiger partial charge in [-0.05, 0) is 25.3 Å². The van der Waals surface area contributed by atoms with E-state index in [1.54, 1.807) is 12.3 Å². The molecule has 0 aromatic carbocycles. The predicted molar refractivity (Wildman–Crippen MR) is 76.8 cm³/mol. The van der Waals surface area contributed by atoms with Crippen molar-refractivity contribution in [1.29, 1.82) is 0 Å². The van der Waals surface area contributed by atoms with Crippen molar-refractivity contribution in [3.05, 3.63) is 23.6 Å².